The first-order valence-electron chi connectivity index (χ1n) is 8.43. The monoisotopic (exact) mass is 328 g/mol. The molecule has 0 saturated carbocycles. The van der Waals surface area contributed by atoms with Crippen molar-refractivity contribution in [2.24, 2.45) is 0 Å². The molecule has 0 radical (unpaired) electrons. The molecule has 0 spiro atoms. The van der Waals surface area contributed by atoms with Crippen molar-refractivity contribution < 1.29 is 9.59 Å². The van der Waals surface area contributed by atoms with Gasteiger partial charge in [0.1, 0.15) is 6.04 Å². The second-order valence-electron chi connectivity index (χ2n) is 6.57. The van der Waals surface area contributed by atoms with E-state index in [1.165, 1.54) is 4.90 Å². The first kappa shape index (κ1) is 14.2. The summed E-state index contributed by atoms with van der Waals surface area (Å²) in [6.07, 6.45) is 0.585. The van der Waals surface area contributed by atoms with Crippen molar-refractivity contribution in [3.63, 3.8) is 0 Å². The number of carbonyl (C=O) groups excluding carboxylic acids is 2. The van der Waals surface area contributed by atoms with Gasteiger partial charge in [0, 0.05) is 18.4 Å². The zero-order chi connectivity index (χ0) is 17.0. The molecule has 5 rings (SSSR count). The third kappa shape index (κ3) is 2.00. The summed E-state index contributed by atoms with van der Waals surface area (Å²) in [5.74, 6) is -0.129. The second-order valence-corrected chi connectivity index (χ2v) is 6.57. The average molecular weight is 328 g/mol. The molecular weight excluding hydrogens is 312 g/mol. The Kier molecular flexibility index (Phi) is 2.95. The van der Waals surface area contributed by atoms with Gasteiger partial charge in [0.05, 0.1) is 5.69 Å². The quantitative estimate of drug-likeness (QED) is 0.639. The fourth-order valence-electron chi connectivity index (χ4n) is 3.94. The summed E-state index contributed by atoms with van der Waals surface area (Å²) in [5, 5.41) is 1.94. The van der Waals surface area contributed by atoms with Gasteiger partial charge in [-0.3, -0.25) is 4.79 Å². The van der Waals surface area contributed by atoms with Gasteiger partial charge in [-0.2, -0.15) is 0 Å². The molecule has 0 unspecified atom stereocenters. The van der Waals surface area contributed by atoms with Crippen LogP contribution in [0.1, 0.15) is 11.1 Å². The van der Waals surface area contributed by atoms with Gasteiger partial charge in [0.15, 0.2) is 0 Å². The third-order valence-electron chi connectivity index (χ3n) is 5.20. The number of anilines is 1. The van der Waals surface area contributed by atoms with Crippen molar-refractivity contribution in [3.05, 3.63) is 77.9 Å². The van der Waals surface area contributed by atoms with Gasteiger partial charge in [0.2, 0.25) is 0 Å². The van der Waals surface area contributed by atoms with Crippen LogP contribution in [0.3, 0.4) is 0 Å². The van der Waals surface area contributed by atoms with E-state index in [0.717, 1.165) is 21.9 Å². The molecule has 0 bridgehead atoms. The number of rotatable bonds is 1. The highest BCUT2D eigenvalue weighted by atomic mass is 16.2. The van der Waals surface area contributed by atoms with Gasteiger partial charge in [-0.05, 0) is 22.6 Å². The molecule has 0 aromatic heterocycles. The smallest absolute Gasteiger partial charge is 0.307 e. The van der Waals surface area contributed by atoms with Gasteiger partial charge in [0.25, 0.3) is 5.91 Å². The Morgan fingerprint density at radius 2 is 1.52 bits per heavy atom. The fraction of sp³-hybridized carbons (Fsp3) is 0.143. The van der Waals surface area contributed by atoms with Crippen LogP contribution in [0.4, 0.5) is 10.5 Å². The van der Waals surface area contributed by atoms with E-state index in [2.05, 4.69) is 0 Å². The molecule has 2 heterocycles. The first-order chi connectivity index (χ1) is 12.2. The number of hydrogen-bond donors (Lipinski definition) is 0. The van der Waals surface area contributed by atoms with Crippen LogP contribution in [0, 0.1) is 0 Å². The Morgan fingerprint density at radius 1 is 0.800 bits per heavy atom. The Hall–Kier alpha value is -3.14. The van der Waals surface area contributed by atoms with Gasteiger partial charge in [-0.1, -0.05) is 60.7 Å². The Balaban J connectivity index is 1.61. The molecule has 122 valence electrons. The zero-order valence-electron chi connectivity index (χ0n) is 13.6. The molecule has 1 saturated heterocycles. The van der Waals surface area contributed by atoms with Crippen LogP contribution in [0.25, 0.3) is 10.8 Å². The number of benzene rings is 3. The Bertz CT molecular complexity index is 979. The van der Waals surface area contributed by atoms with Crippen LogP contribution in [0.2, 0.25) is 0 Å². The predicted molar refractivity (Wildman–Crippen MR) is 96.3 cm³/mol. The van der Waals surface area contributed by atoms with Crippen LogP contribution in [-0.4, -0.2) is 22.9 Å². The molecular formula is C21H16N2O2. The van der Waals surface area contributed by atoms with Crippen molar-refractivity contribution >= 4 is 28.4 Å². The van der Waals surface area contributed by atoms with Crippen molar-refractivity contribution in [3.8, 4) is 0 Å². The summed E-state index contributed by atoms with van der Waals surface area (Å²) in [6, 6.07) is 21.0. The molecule has 0 N–H and O–H groups in total. The highest BCUT2D eigenvalue weighted by Gasteiger charge is 2.48. The summed E-state index contributed by atoms with van der Waals surface area (Å²) < 4.78 is 0. The first-order valence-corrected chi connectivity index (χ1v) is 8.43. The highest BCUT2D eigenvalue weighted by Crippen LogP contribution is 2.35. The van der Waals surface area contributed by atoms with E-state index < -0.39 is 6.04 Å². The maximum absolute atomic E-state index is 13.1. The molecule has 3 aromatic rings. The SMILES string of the molecule is O=C1[C@H]2Cc3ccccc3CN2C(=O)N1c1cccc2ccccc12. The number of urea groups is 1. The van der Waals surface area contributed by atoms with Gasteiger partial charge in [-0.15, -0.1) is 0 Å². The molecule has 2 aliphatic rings. The molecule has 1 fully saturated rings. The van der Waals surface area contributed by atoms with E-state index in [-0.39, 0.29) is 11.9 Å². The summed E-state index contributed by atoms with van der Waals surface area (Å²) >= 11 is 0. The predicted octanol–water partition coefficient (Wildman–Crippen LogP) is 3.73. The minimum Gasteiger partial charge on any atom is -0.307 e. The third-order valence-corrected chi connectivity index (χ3v) is 5.20. The number of amides is 3. The van der Waals surface area contributed by atoms with Gasteiger partial charge < -0.3 is 4.90 Å². The number of nitrogens with zero attached hydrogens (tertiary/aromatic N) is 2. The van der Waals surface area contributed by atoms with Crippen LogP contribution in [-0.2, 0) is 17.8 Å². The summed E-state index contributed by atoms with van der Waals surface area (Å²) in [4.78, 5) is 29.2. The molecule has 2 aliphatic heterocycles. The van der Waals surface area contributed by atoms with E-state index in [1.54, 1.807) is 4.90 Å². The van der Waals surface area contributed by atoms with Crippen LogP contribution in [0.5, 0.6) is 0 Å². The van der Waals surface area contributed by atoms with E-state index in [1.807, 2.05) is 66.7 Å². The van der Waals surface area contributed by atoms with Crippen molar-refractivity contribution in [2.75, 3.05) is 4.90 Å². The molecule has 3 aromatic carbocycles. The Labute approximate surface area is 145 Å². The Morgan fingerprint density at radius 3 is 2.40 bits per heavy atom. The van der Waals surface area contributed by atoms with Gasteiger partial charge in [-0.25, -0.2) is 9.69 Å². The van der Waals surface area contributed by atoms with Crippen molar-refractivity contribution in [2.45, 2.75) is 19.0 Å². The maximum Gasteiger partial charge on any atom is 0.332 e. The number of carbonyl (C=O) groups is 2. The van der Waals surface area contributed by atoms with E-state index in [0.29, 0.717) is 18.7 Å². The van der Waals surface area contributed by atoms with Crippen molar-refractivity contribution in [1.29, 1.82) is 0 Å². The number of hydrogen-bond acceptors (Lipinski definition) is 2. The minimum absolute atomic E-state index is 0.129. The number of fused-ring (bicyclic) bond motifs is 3. The van der Waals surface area contributed by atoms with E-state index >= 15 is 0 Å². The van der Waals surface area contributed by atoms with Crippen LogP contribution in [0.15, 0.2) is 66.7 Å². The zero-order valence-corrected chi connectivity index (χ0v) is 13.6. The average Bonchev–Trinajstić information content (AvgIpc) is 2.90. The normalized spacial score (nSPS) is 19.3. The lowest BCUT2D eigenvalue weighted by Crippen LogP contribution is -2.39. The molecule has 0 aliphatic carbocycles. The lowest BCUT2D eigenvalue weighted by molar-refractivity contribution is -0.119. The summed E-state index contributed by atoms with van der Waals surface area (Å²) in [7, 11) is 0. The maximum atomic E-state index is 13.1. The standard InChI is InChI=1S/C21H16N2O2/c24-20-19-12-15-7-1-2-8-16(15)13-22(19)21(25)23(20)18-11-5-9-14-6-3-4-10-17(14)18/h1-11,19H,12-13H2/t19-/m1/s1. The summed E-state index contributed by atoms with van der Waals surface area (Å²) in [6.45, 7) is 0.493. The summed E-state index contributed by atoms with van der Waals surface area (Å²) in [5.41, 5.74) is 2.95. The molecule has 25 heavy (non-hydrogen) atoms. The highest BCUT2D eigenvalue weighted by molar-refractivity contribution is 6.24. The topological polar surface area (TPSA) is 40.6 Å². The van der Waals surface area contributed by atoms with E-state index in [4.69, 9.17) is 0 Å². The minimum atomic E-state index is -0.402. The molecule has 4 heteroatoms. The molecule has 3 amide bonds. The second kappa shape index (κ2) is 5.18. The van der Waals surface area contributed by atoms with Gasteiger partial charge >= 0.3 is 6.03 Å². The fourth-order valence-corrected chi connectivity index (χ4v) is 3.94. The molecule has 4 nitrogen and oxygen atoms in total. The van der Waals surface area contributed by atoms with Crippen LogP contribution < -0.4 is 4.90 Å². The largest absolute Gasteiger partial charge is 0.332 e. The lowest BCUT2D eigenvalue weighted by Gasteiger charge is -2.28. The van der Waals surface area contributed by atoms with Crippen LogP contribution >= 0.6 is 0 Å². The lowest BCUT2D eigenvalue weighted by atomic mass is 9.95. The van der Waals surface area contributed by atoms with E-state index in [9.17, 15) is 9.59 Å². The van der Waals surface area contributed by atoms with Crippen molar-refractivity contribution in [1.82, 2.24) is 4.90 Å². The molecule has 1 atom stereocenters. The number of imide groups is 1.